The van der Waals surface area contributed by atoms with Crippen molar-refractivity contribution in [1.82, 2.24) is 0 Å². The second-order valence-corrected chi connectivity index (χ2v) is 23.8. The van der Waals surface area contributed by atoms with Crippen LogP contribution in [0.3, 0.4) is 0 Å². The number of carbonyl (C=O) groups is 3. The number of esters is 3. The van der Waals surface area contributed by atoms with Crippen LogP contribution in [0, 0.1) is 0 Å². The Hall–Kier alpha value is -1.59. The molecule has 6 heteroatoms. The third-order valence-electron chi connectivity index (χ3n) is 16.1. The predicted octanol–water partition coefficient (Wildman–Crippen LogP) is 23.5. The van der Waals surface area contributed by atoms with Gasteiger partial charge in [-0.3, -0.25) is 14.4 Å². The van der Waals surface area contributed by atoms with Crippen LogP contribution in [0.25, 0.3) is 0 Å². The number of ether oxygens (including phenoxy) is 3. The number of carbonyl (C=O) groups excluding carboxylic acids is 3. The van der Waals surface area contributed by atoms with Gasteiger partial charge >= 0.3 is 17.9 Å². The van der Waals surface area contributed by atoms with E-state index in [9.17, 15) is 14.4 Å². The zero-order valence-electron chi connectivity index (χ0n) is 51.4. The Morgan fingerprint density at radius 2 is 0.360 bits per heavy atom. The largest absolute Gasteiger partial charge is 0.462 e. The SMILES string of the molecule is CCCCCCCCCCCCCCCCCCCCCCCCCCCCCCCCCCCCC(=O)OCC(COC(=O)CCCCCCCCCCC)OC(=O)CCCCCCCCCCCCCCCC. The van der Waals surface area contributed by atoms with Crippen molar-refractivity contribution in [2.24, 2.45) is 0 Å². The van der Waals surface area contributed by atoms with Crippen molar-refractivity contribution in [3.05, 3.63) is 0 Å². The fraction of sp³-hybridized carbons (Fsp3) is 0.957. The van der Waals surface area contributed by atoms with Crippen LogP contribution in [0.1, 0.15) is 406 Å². The zero-order valence-corrected chi connectivity index (χ0v) is 51.4. The van der Waals surface area contributed by atoms with E-state index in [2.05, 4.69) is 20.8 Å². The summed E-state index contributed by atoms with van der Waals surface area (Å²) in [5, 5.41) is 0. The summed E-state index contributed by atoms with van der Waals surface area (Å²) in [7, 11) is 0. The Morgan fingerprint density at radius 1 is 0.213 bits per heavy atom. The summed E-state index contributed by atoms with van der Waals surface area (Å²) in [6, 6.07) is 0. The summed E-state index contributed by atoms with van der Waals surface area (Å²) in [5.74, 6) is -0.833. The maximum absolute atomic E-state index is 12.8. The molecule has 6 nitrogen and oxygen atoms in total. The van der Waals surface area contributed by atoms with Crippen molar-refractivity contribution in [2.75, 3.05) is 13.2 Å². The standard InChI is InChI=1S/C69H134O6/c1-4-7-10-13-16-19-21-23-25-26-27-28-29-30-31-32-33-34-35-36-37-38-39-40-41-42-43-44-46-47-50-53-56-59-62-68(71)74-65-66(64-73-67(70)61-58-55-52-49-18-15-12-9-6-3)75-69(72)63-60-57-54-51-48-45-24-22-20-17-14-11-8-5-2/h66H,4-65H2,1-3H3. The van der Waals surface area contributed by atoms with E-state index in [1.54, 1.807) is 0 Å². The van der Waals surface area contributed by atoms with Gasteiger partial charge in [0.25, 0.3) is 0 Å². The van der Waals surface area contributed by atoms with Crippen LogP contribution in [-0.2, 0) is 28.6 Å². The molecule has 0 aromatic carbocycles. The minimum absolute atomic E-state index is 0.0612. The normalized spacial score (nSPS) is 11.9. The smallest absolute Gasteiger partial charge is 0.306 e. The first-order chi connectivity index (χ1) is 37.0. The topological polar surface area (TPSA) is 78.9 Å². The van der Waals surface area contributed by atoms with Gasteiger partial charge in [0.1, 0.15) is 13.2 Å². The predicted molar refractivity (Wildman–Crippen MR) is 326 cm³/mol. The highest BCUT2D eigenvalue weighted by Crippen LogP contribution is 2.19. The van der Waals surface area contributed by atoms with E-state index in [4.69, 9.17) is 14.2 Å². The van der Waals surface area contributed by atoms with E-state index in [1.165, 1.54) is 308 Å². The van der Waals surface area contributed by atoms with Crippen molar-refractivity contribution in [3.63, 3.8) is 0 Å². The summed E-state index contributed by atoms with van der Waals surface area (Å²) in [5.41, 5.74) is 0. The third kappa shape index (κ3) is 63.1. The minimum atomic E-state index is -0.761. The molecule has 0 bridgehead atoms. The molecule has 0 heterocycles. The molecule has 0 amide bonds. The lowest BCUT2D eigenvalue weighted by atomic mass is 10.0. The number of rotatable bonds is 65. The van der Waals surface area contributed by atoms with Gasteiger partial charge < -0.3 is 14.2 Å². The Bertz CT molecular complexity index is 1120. The van der Waals surface area contributed by atoms with Crippen LogP contribution in [0.5, 0.6) is 0 Å². The molecule has 0 fully saturated rings. The molecule has 0 N–H and O–H groups in total. The molecule has 0 aliphatic carbocycles. The summed E-state index contributed by atoms with van der Waals surface area (Å²) in [4.78, 5) is 38.1. The second-order valence-electron chi connectivity index (χ2n) is 23.8. The van der Waals surface area contributed by atoms with E-state index in [0.29, 0.717) is 19.3 Å². The van der Waals surface area contributed by atoms with E-state index in [-0.39, 0.29) is 31.1 Å². The van der Waals surface area contributed by atoms with Crippen molar-refractivity contribution in [3.8, 4) is 0 Å². The number of unbranched alkanes of at least 4 members (excludes halogenated alkanes) is 54. The Morgan fingerprint density at radius 3 is 0.533 bits per heavy atom. The summed E-state index contributed by atoms with van der Waals surface area (Å²) in [6.07, 6.45) is 76.0. The molecule has 1 atom stereocenters. The van der Waals surface area contributed by atoms with Gasteiger partial charge in [-0.1, -0.05) is 367 Å². The molecule has 1 unspecified atom stereocenters. The van der Waals surface area contributed by atoms with Crippen molar-refractivity contribution in [1.29, 1.82) is 0 Å². The van der Waals surface area contributed by atoms with Crippen LogP contribution in [0.4, 0.5) is 0 Å². The van der Waals surface area contributed by atoms with Gasteiger partial charge in [0.05, 0.1) is 0 Å². The average molecular weight is 1060 g/mol. The van der Waals surface area contributed by atoms with Gasteiger partial charge in [-0.2, -0.15) is 0 Å². The zero-order chi connectivity index (χ0) is 54.3. The Kier molecular flexibility index (Phi) is 63.6. The molecule has 0 aliphatic heterocycles. The van der Waals surface area contributed by atoms with Gasteiger partial charge in [-0.15, -0.1) is 0 Å². The Labute approximate surface area is 469 Å². The molecule has 0 aromatic heterocycles. The van der Waals surface area contributed by atoms with Gasteiger partial charge in [0, 0.05) is 19.3 Å². The van der Waals surface area contributed by atoms with E-state index in [0.717, 1.165) is 57.8 Å². The molecule has 75 heavy (non-hydrogen) atoms. The van der Waals surface area contributed by atoms with Gasteiger partial charge in [0.15, 0.2) is 6.10 Å². The van der Waals surface area contributed by atoms with E-state index >= 15 is 0 Å². The average Bonchev–Trinajstić information content (AvgIpc) is 3.41. The highest BCUT2D eigenvalue weighted by atomic mass is 16.6. The van der Waals surface area contributed by atoms with Crippen LogP contribution >= 0.6 is 0 Å². The Balaban J connectivity index is 3.92. The summed E-state index contributed by atoms with van der Waals surface area (Å²) < 4.78 is 16.9. The molecule has 0 aromatic rings. The van der Waals surface area contributed by atoms with Crippen molar-refractivity contribution < 1.29 is 28.6 Å². The first kappa shape index (κ1) is 73.4. The van der Waals surface area contributed by atoms with Crippen LogP contribution < -0.4 is 0 Å². The molecule has 0 radical (unpaired) electrons. The lowest BCUT2D eigenvalue weighted by Gasteiger charge is -2.18. The fourth-order valence-electron chi connectivity index (χ4n) is 10.9. The molecular formula is C69H134O6. The van der Waals surface area contributed by atoms with E-state index < -0.39 is 6.10 Å². The molecule has 0 saturated carbocycles. The maximum atomic E-state index is 12.8. The van der Waals surface area contributed by atoms with Gasteiger partial charge in [0.2, 0.25) is 0 Å². The minimum Gasteiger partial charge on any atom is -0.462 e. The lowest BCUT2D eigenvalue weighted by molar-refractivity contribution is -0.167. The van der Waals surface area contributed by atoms with Gasteiger partial charge in [-0.25, -0.2) is 0 Å². The van der Waals surface area contributed by atoms with Gasteiger partial charge in [-0.05, 0) is 19.3 Å². The number of hydrogen-bond donors (Lipinski definition) is 0. The molecule has 0 spiro atoms. The third-order valence-corrected chi connectivity index (χ3v) is 16.1. The maximum Gasteiger partial charge on any atom is 0.306 e. The highest BCUT2D eigenvalue weighted by molar-refractivity contribution is 5.71. The van der Waals surface area contributed by atoms with Crippen LogP contribution in [0.2, 0.25) is 0 Å². The molecule has 446 valence electrons. The highest BCUT2D eigenvalue weighted by Gasteiger charge is 2.19. The molecular weight excluding hydrogens is 925 g/mol. The van der Waals surface area contributed by atoms with Crippen molar-refractivity contribution >= 4 is 17.9 Å². The first-order valence-corrected chi connectivity index (χ1v) is 34.5. The summed E-state index contributed by atoms with van der Waals surface area (Å²) >= 11 is 0. The quantitative estimate of drug-likeness (QED) is 0.0343. The van der Waals surface area contributed by atoms with Crippen molar-refractivity contribution in [2.45, 2.75) is 412 Å². The molecule has 0 aliphatic rings. The fourth-order valence-corrected chi connectivity index (χ4v) is 10.9. The van der Waals surface area contributed by atoms with E-state index in [1.807, 2.05) is 0 Å². The monoisotopic (exact) mass is 1060 g/mol. The molecule has 0 saturated heterocycles. The van der Waals surface area contributed by atoms with Crippen LogP contribution in [-0.4, -0.2) is 37.2 Å². The second kappa shape index (κ2) is 64.9. The summed E-state index contributed by atoms with van der Waals surface area (Å²) in [6.45, 7) is 6.70. The molecule has 0 rings (SSSR count). The van der Waals surface area contributed by atoms with Crippen LogP contribution in [0.15, 0.2) is 0 Å². The number of hydrogen-bond acceptors (Lipinski definition) is 6. The first-order valence-electron chi connectivity index (χ1n) is 34.5. The lowest BCUT2D eigenvalue weighted by Crippen LogP contribution is -2.30.